The summed E-state index contributed by atoms with van der Waals surface area (Å²) >= 11 is 0. The first-order chi connectivity index (χ1) is 12.6. The van der Waals surface area contributed by atoms with Crippen LogP contribution in [0.3, 0.4) is 0 Å². The molecule has 0 aliphatic carbocycles. The molecule has 0 fully saturated rings. The first-order valence-corrected chi connectivity index (χ1v) is 11.5. The summed E-state index contributed by atoms with van der Waals surface area (Å²) in [6, 6.07) is 8.98. The normalized spacial score (nSPS) is 11.8. The molecule has 26 heavy (non-hydrogen) atoms. The second kappa shape index (κ2) is 14.3. The van der Waals surface area contributed by atoms with Gasteiger partial charge in [-0.05, 0) is 24.8 Å². The van der Waals surface area contributed by atoms with Crippen molar-refractivity contribution in [3.63, 3.8) is 0 Å². The molecule has 0 N–H and O–H groups in total. The molecule has 1 nitrogen and oxygen atoms in total. The van der Waals surface area contributed by atoms with Crippen molar-refractivity contribution in [1.29, 1.82) is 0 Å². The first-order valence-electron chi connectivity index (χ1n) is 11.5. The molecular weight excluding hydrogens is 314 g/mol. The van der Waals surface area contributed by atoms with Crippen LogP contribution in [0.5, 0.6) is 0 Å². The minimum atomic E-state index is 1.12. The lowest BCUT2D eigenvalue weighted by Gasteiger charge is -2.30. The van der Waals surface area contributed by atoms with Crippen LogP contribution in [-0.4, -0.2) is 25.1 Å². The summed E-state index contributed by atoms with van der Waals surface area (Å²) in [5.41, 5.74) is 3.06. The summed E-state index contributed by atoms with van der Waals surface area (Å²) in [5, 5.41) is 0. The average Bonchev–Trinajstić information content (AvgIpc) is 2.62. The van der Waals surface area contributed by atoms with E-state index in [1.807, 2.05) is 0 Å². The van der Waals surface area contributed by atoms with Gasteiger partial charge in [-0.1, -0.05) is 102 Å². The number of hydrogen-bond acceptors (Lipinski definition) is 0. The van der Waals surface area contributed by atoms with Gasteiger partial charge in [-0.25, -0.2) is 0 Å². The molecule has 0 atom stereocenters. The topological polar surface area (TPSA) is 0 Å². The van der Waals surface area contributed by atoms with Gasteiger partial charge in [0.2, 0.25) is 0 Å². The SMILES string of the molecule is CCCCCCCCCCCCCC[N+](C)(C)Cc1ccccc1CC. The Morgan fingerprint density at radius 3 is 1.58 bits per heavy atom. The number of quaternary nitrogens is 1. The number of aryl methyl sites for hydroxylation is 1. The van der Waals surface area contributed by atoms with E-state index in [2.05, 4.69) is 52.2 Å². The molecule has 0 bridgehead atoms. The van der Waals surface area contributed by atoms with Crippen molar-refractivity contribution in [2.24, 2.45) is 0 Å². The third-order valence-electron chi connectivity index (χ3n) is 5.71. The molecular formula is C25H46N+. The van der Waals surface area contributed by atoms with Gasteiger partial charge in [0.25, 0.3) is 0 Å². The molecule has 0 saturated heterocycles. The van der Waals surface area contributed by atoms with Gasteiger partial charge in [0.1, 0.15) is 6.54 Å². The predicted octanol–water partition coefficient (Wildman–Crippen LogP) is 7.53. The van der Waals surface area contributed by atoms with Crippen molar-refractivity contribution in [3.05, 3.63) is 35.4 Å². The van der Waals surface area contributed by atoms with E-state index in [0.717, 1.165) is 10.9 Å². The molecule has 0 aliphatic rings. The lowest BCUT2D eigenvalue weighted by Crippen LogP contribution is -2.39. The average molecular weight is 361 g/mol. The fourth-order valence-electron chi connectivity index (χ4n) is 3.98. The van der Waals surface area contributed by atoms with Crippen LogP contribution < -0.4 is 0 Å². The predicted molar refractivity (Wildman–Crippen MR) is 118 cm³/mol. The van der Waals surface area contributed by atoms with E-state index in [9.17, 15) is 0 Å². The summed E-state index contributed by atoms with van der Waals surface area (Å²) in [4.78, 5) is 0. The van der Waals surface area contributed by atoms with Crippen molar-refractivity contribution in [1.82, 2.24) is 0 Å². The van der Waals surface area contributed by atoms with Gasteiger partial charge in [0.15, 0.2) is 0 Å². The van der Waals surface area contributed by atoms with Gasteiger partial charge in [-0.3, -0.25) is 0 Å². The Morgan fingerprint density at radius 1 is 0.615 bits per heavy atom. The molecule has 0 unspecified atom stereocenters. The minimum Gasteiger partial charge on any atom is -0.325 e. The summed E-state index contributed by atoms with van der Waals surface area (Å²) in [6.45, 7) is 7.03. The van der Waals surface area contributed by atoms with Gasteiger partial charge in [-0.15, -0.1) is 0 Å². The number of nitrogens with zero attached hydrogens (tertiary/aromatic N) is 1. The lowest BCUT2D eigenvalue weighted by atomic mass is 10.0. The van der Waals surface area contributed by atoms with E-state index in [-0.39, 0.29) is 0 Å². The summed E-state index contributed by atoms with van der Waals surface area (Å²) in [5.74, 6) is 0. The fourth-order valence-corrected chi connectivity index (χ4v) is 3.98. The lowest BCUT2D eigenvalue weighted by molar-refractivity contribution is -0.903. The quantitative estimate of drug-likeness (QED) is 0.211. The van der Waals surface area contributed by atoms with Gasteiger partial charge in [-0.2, -0.15) is 0 Å². The number of rotatable bonds is 16. The van der Waals surface area contributed by atoms with Gasteiger partial charge >= 0.3 is 0 Å². The maximum absolute atomic E-state index is 2.39. The summed E-state index contributed by atoms with van der Waals surface area (Å²) in [6.07, 6.45) is 18.4. The van der Waals surface area contributed by atoms with Crippen LogP contribution in [0.15, 0.2) is 24.3 Å². The number of hydrogen-bond donors (Lipinski definition) is 0. The van der Waals surface area contributed by atoms with Crippen LogP contribution in [0.25, 0.3) is 0 Å². The monoisotopic (exact) mass is 360 g/mol. The van der Waals surface area contributed by atoms with Crippen LogP contribution in [0.2, 0.25) is 0 Å². The third kappa shape index (κ3) is 11.0. The molecule has 0 aliphatic heterocycles. The first kappa shape index (κ1) is 23.2. The molecule has 1 aromatic rings. The van der Waals surface area contributed by atoms with Crippen LogP contribution in [0, 0.1) is 0 Å². The zero-order chi connectivity index (χ0) is 19.1. The van der Waals surface area contributed by atoms with Crippen LogP contribution in [-0.2, 0) is 13.0 Å². The molecule has 0 spiro atoms. The molecule has 0 amide bonds. The smallest absolute Gasteiger partial charge is 0.104 e. The van der Waals surface area contributed by atoms with Crippen molar-refractivity contribution in [2.75, 3.05) is 20.6 Å². The highest BCUT2D eigenvalue weighted by molar-refractivity contribution is 5.26. The van der Waals surface area contributed by atoms with Gasteiger partial charge < -0.3 is 4.48 Å². The summed E-state index contributed by atoms with van der Waals surface area (Å²) < 4.78 is 1.12. The largest absolute Gasteiger partial charge is 0.325 e. The number of unbranched alkanes of at least 4 members (excludes halogenated alkanes) is 11. The van der Waals surface area contributed by atoms with E-state index in [0.29, 0.717) is 0 Å². The Bertz CT molecular complexity index is 449. The Hall–Kier alpha value is -0.820. The molecule has 0 aromatic heterocycles. The zero-order valence-corrected chi connectivity index (χ0v) is 18.4. The van der Waals surface area contributed by atoms with E-state index >= 15 is 0 Å². The molecule has 1 rings (SSSR count). The van der Waals surface area contributed by atoms with Crippen molar-refractivity contribution < 1.29 is 4.48 Å². The van der Waals surface area contributed by atoms with Gasteiger partial charge in [0, 0.05) is 5.56 Å². The van der Waals surface area contributed by atoms with E-state index in [4.69, 9.17) is 0 Å². The second-order valence-electron chi connectivity index (χ2n) is 8.83. The Morgan fingerprint density at radius 2 is 1.08 bits per heavy atom. The van der Waals surface area contributed by atoms with Crippen molar-refractivity contribution >= 4 is 0 Å². The summed E-state index contributed by atoms with van der Waals surface area (Å²) in [7, 11) is 4.79. The van der Waals surface area contributed by atoms with Crippen LogP contribution >= 0.6 is 0 Å². The van der Waals surface area contributed by atoms with Crippen molar-refractivity contribution in [2.45, 2.75) is 104 Å². The maximum Gasteiger partial charge on any atom is 0.104 e. The third-order valence-corrected chi connectivity index (χ3v) is 5.71. The zero-order valence-electron chi connectivity index (χ0n) is 18.4. The molecule has 0 saturated carbocycles. The standard InChI is InChI=1S/C25H46N/c1-5-7-8-9-10-11-12-13-14-15-16-19-22-26(3,4)23-25-21-18-17-20-24(25)6-2/h17-18,20-21H,5-16,19,22-23H2,1-4H3/q+1. The molecule has 1 heteroatoms. The molecule has 1 aromatic carbocycles. The molecule has 0 radical (unpaired) electrons. The highest BCUT2D eigenvalue weighted by Crippen LogP contribution is 2.17. The molecule has 0 heterocycles. The second-order valence-corrected chi connectivity index (χ2v) is 8.83. The minimum absolute atomic E-state index is 1.12. The number of benzene rings is 1. The maximum atomic E-state index is 2.39. The Balaban J connectivity index is 2.04. The highest BCUT2D eigenvalue weighted by atomic mass is 15.3. The van der Waals surface area contributed by atoms with Crippen molar-refractivity contribution in [3.8, 4) is 0 Å². The van der Waals surface area contributed by atoms with Gasteiger partial charge in [0.05, 0.1) is 20.6 Å². The van der Waals surface area contributed by atoms with E-state index in [1.54, 1.807) is 5.56 Å². The van der Waals surface area contributed by atoms with E-state index in [1.165, 1.54) is 95.7 Å². The highest BCUT2D eigenvalue weighted by Gasteiger charge is 2.16. The fraction of sp³-hybridized carbons (Fsp3) is 0.760. The Labute approximate surface area is 164 Å². The molecule has 150 valence electrons. The van der Waals surface area contributed by atoms with E-state index < -0.39 is 0 Å². The van der Waals surface area contributed by atoms with Crippen LogP contribution in [0.4, 0.5) is 0 Å². The Kier molecular flexibility index (Phi) is 12.7. The van der Waals surface area contributed by atoms with Crippen LogP contribution in [0.1, 0.15) is 102 Å².